The van der Waals surface area contributed by atoms with E-state index >= 15 is 4.39 Å². The summed E-state index contributed by atoms with van der Waals surface area (Å²) in [6, 6.07) is -1.03. The monoisotopic (exact) mass is 694 g/mol. The average Bonchev–Trinajstić information content (AvgIpc) is 3.73. The molecule has 7 rings (SSSR count). The number of phosphoric acid groups is 2. The smallest absolute Gasteiger partial charge is 0.387 e. The fourth-order valence-corrected chi connectivity index (χ4v) is 8.03. The van der Waals surface area contributed by atoms with Gasteiger partial charge in [0.25, 0.3) is 5.91 Å². The van der Waals surface area contributed by atoms with Crippen molar-refractivity contribution >= 4 is 44.9 Å². The van der Waals surface area contributed by atoms with Crippen LogP contribution in [0.25, 0.3) is 11.2 Å². The van der Waals surface area contributed by atoms with Gasteiger partial charge in [0, 0.05) is 0 Å². The number of fused-ring (bicyclic) bond motifs is 6. The van der Waals surface area contributed by atoms with Crippen LogP contribution in [0.4, 0.5) is 10.2 Å². The Morgan fingerprint density at radius 2 is 1.83 bits per heavy atom. The first-order valence-corrected chi connectivity index (χ1v) is 16.8. The number of aromatic nitrogens is 4. The maximum Gasteiger partial charge on any atom is 0.473 e. The summed E-state index contributed by atoms with van der Waals surface area (Å²) < 4.78 is 76.4. The van der Waals surface area contributed by atoms with Crippen molar-refractivity contribution in [3.05, 3.63) is 12.7 Å². The number of nitrogens with zero attached hydrogens (tertiary/aromatic N) is 6. The summed E-state index contributed by atoms with van der Waals surface area (Å²) in [5, 5.41) is 16.5. The van der Waals surface area contributed by atoms with Gasteiger partial charge in [-0.25, -0.2) is 28.5 Å². The van der Waals surface area contributed by atoms with Crippen molar-refractivity contribution in [2.24, 2.45) is 10.7 Å². The van der Waals surface area contributed by atoms with E-state index in [9.17, 15) is 28.8 Å². The Labute approximate surface area is 257 Å². The van der Waals surface area contributed by atoms with E-state index in [0.29, 0.717) is 0 Å². The van der Waals surface area contributed by atoms with E-state index in [1.165, 1.54) is 22.7 Å². The van der Waals surface area contributed by atoms with Crippen LogP contribution < -0.4 is 22.1 Å². The van der Waals surface area contributed by atoms with Crippen molar-refractivity contribution < 1.29 is 60.8 Å². The third-order valence-electron chi connectivity index (χ3n) is 8.04. The van der Waals surface area contributed by atoms with Crippen molar-refractivity contribution in [3.63, 3.8) is 0 Å². The third kappa shape index (κ3) is 5.49. The topological polar surface area (TPSA) is 303 Å². The van der Waals surface area contributed by atoms with Gasteiger partial charge in [0.2, 0.25) is 0 Å². The van der Waals surface area contributed by atoms with E-state index in [1.807, 2.05) is 0 Å². The van der Waals surface area contributed by atoms with E-state index in [-0.39, 0.29) is 17.0 Å². The van der Waals surface area contributed by atoms with Gasteiger partial charge >= 0.3 is 15.6 Å². The van der Waals surface area contributed by atoms with Crippen LogP contribution in [0.15, 0.2) is 17.6 Å². The molecular formula is C21H29FN10O12P2. The molecule has 1 amide bonds. The summed E-state index contributed by atoms with van der Waals surface area (Å²) in [4.78, 5) is 51.3. The number of nitrogen functional groups attached to an aromatic ring is 1. The number of hydrogen-bond donors (Lipinski definition) is 7. The highest BCUT2D eigenvalue weighted by Crippen LogP contribution is 2.54. The molecule has 5 aliphatic rings. The Bertz CT molecular complexity index is 1660. The molecule has 25 heteroatoms. The Morgan fingerprint density at radius 1 is 1.07 bits per heavy atom. The second-order valence-electron chi connectivity index (χ2n) is 11.0. The molecule has 7 heterocycles. The normalized spacial score (nSPS) is 46.3. The number of nitrogens with one attached hydrogen (secondary N) is 2. The van der Waals surface area contributed by atoms with E-state index in [4.69, 9.17) is 39.0 Å². The zero-order chi connectivity index (χ0) is 32.7. The molecule has 14 atom stereocenters. The minimum atomic E-state index is -5.20. The number of amides is 1. The lowest BCUT2D eigenvalue weighted by Crippen LogP contribution is -2.70. The molecule has 252 valence electrons. The summed E-state index contributed by atoms with van der Waals surface area (Å²) in [6.07, 6.45) is -13.7. The number of rotatable bonds is 2. The van der Waals surface area contributed by atoms with Crippen molar-refractivity contribution in [3.8, 4) is 0 Å². The number of phosphoric ester groups is 2. The quantitative estimate of drug-likeness (QED) is 0.155. The minimum absolute atomic E-state index is 0.0103. The van der Waals surface area contributed by atoms with Crippen LogP contribution >= 0.6 is 15.6 Å². The van der Waals surface area contributed by atoms with Gasteiger partial charge in [0.1, 0.15) is 54.8 Å². The molecule has 0 spiro atoms. The Balaban J connectivity index is 1.20. The van der Waals surface area contributed by atoms with E-state index in [2.05, 4.69) is 30.6 Å². The van der Waals surface area contributed by atoms with Gasteiger partial charge in [-0.15, -0.1) is 0 Å². The summed E-state index contributed by atoms with van der Waals surface area (Å²) >= 11 is 0. The number of aliphatic hydroxyl groups excluding tert-OH is 1. The lowest BCUT2D eigenvalue weighted by molar-refractivity contribution is -0.131. The summed E-state index contributed by atoms with van der Waals surface area (Å²) in [6.45, 7) is 0.314. The predicted octanol–water partition coefficient (Wildman–Crippen LogP) is -2.86. The SMILES string of the molecule is C[C@H]1OP(=O)(O)O[C@@H]2[C@H](F)[C@@H](COP(=O)(O)O[C@@H]3[C@H](O)[C@@H]1O[C@H]3n1cnc3c(N)ncnc31)O[C@H]2N1C=NC2C(=O)NC(N)NC21. The van der Waals surface area contributed by atoms with Crippen LogP contribution in [0.1, 0.15) is 13.2 Å². The van der Waals surface area contributed by atoms with Crippen LogP contribution in [0.2, 0.25) is 0 Å². The van der Waals surface area contributed by atoms with Crippen molar-refractivity contribution in [2.45, 2.75) is 80.7 Å². The van der Waals surface area contributed by atoms with Crippen LogP contribution in [0.3, 0.4) is 0 Å². The molecule has 9 N–H and O–H groups in total. The number of ether oxygens (including phenoxy) is 2. The second-order valence-corrected chi connectivity index (χ2v) is 13.8. The molecule has 46 heavy (non-hydrogen) atoms. The lowest BCUT2D eigenvalue weighted by Gasteiger charge is -2.39. The Morgan fingerprint density at radius 3 is 2.61 bits per heavy atom. The third-order valence-corrected chi connectivity index (χ3v) is 10.1. The number of imidazole rings is 1. The van der Waals surface area contributed by atoms with Gasteiger partial charge in [-0.1, -0.05) is 0 Å². The van der Waals surface area contributed by atoms with E-state index < -0.39 is 102 Å². The molecule has 0 saturated carbocycles. The van der Waals surface area contributed by atoms with Crippen molar-refractivity contribution in [1.29, 1.82) is 0 Å². The maximum absolute atomic E-state index is 15.9. The van der Waals surface area contributed by atoms with Gasteiger partial charge in [0.15, 0.2) is 36.1 Å². The molecule has 0 aromatic carbocycles. The van der Waals surface area contributed by atoms with Crippen molar-refractivity contribution in [2.75, 3.05) is 12.3 Å². The fourth-order valence-electron chi connectivity index (χ4n) is 5.98. The number of carbonyl (C=O) groups is 1. The molecule has 4 fully saturated rings. The van der Waals surface area contributed by atoms with Crippen LogP contribution in [0.5, 0.6) is 0 Å². The highest BCUT2D eigenvalue weighted by atomic mass is 31.2. The highest BCUT2D eigenvalue weighted by Gasteiger charge is 2.58. The number of aliphatic imine (C=N–C) groups is 1. The Kier molecular flexibility index (Phi) is 7.91. The van der Waals surface area contributed by atoms with Crippen molar-refractivity contribution in [1.82, 2.24) is 35.1 Å². The maximum atomic E-state index is 15.9. The molecule has 4 saturated heterocycles. The first-order valence-electron chi connectivity index (χ1n) is 13.8. The van der Waals surface area contributed by atoms with Gasteiger partial charge in [0.05, 0.1) is 25.4 Å². The fraction of sp³-hybridized carbons (Fsp3) is 0.667. The standard InChI is InChI=1S/C21H29FN10O12P2/c1-6-12-11(33)14(20(41-12)31-4-27-9-15(23)25-3-26-16(9)31)44-45(35,36)39-2-7-8(22)13(43-46(37,38)42-6)19(40-7)32-5-28-10-17(32)29-21(24)30-18(10)34/h3-8,10-14,17,19-21,29,33H,2,24H2,1H3,(H,30,34)(H,35,36)(H,37,38)(H2,23,25,26)/t6-,7-,8-,10?,11-,12-,13-,14-,17?,19-,20-,21?/m1/s1. The summed E-state index contributed by atoms with van der Waals surface area (Å²) in [7, 11) is -10.3. The molecule has 2 aromatic heterocycles. The number of aliphatic hydroxyl groups is 1. The number of alkyl halides is 1. The van der Waals surface area contributed by atoms with Gasteiger partial charge in [-0.05, 0) is 6.92 Å². The van der Waals surface area contributed by atoms with Crippen LogP contribution in [-0.4, -0.2) is 126 Å². The molecule has 0 radical (unpaired) electrons. The average molecular weight is 694 g/mol. The molecular weight excluding hydrogens is 665 g/mol. The Hall–Kier alpha value is -2.76. The summed E-state index contributed by atoms with van der Waals surface area (Å²) in [5.74, 6) is -0.536. The van der Waals surface area contributed by atoms with E-state index in [1.54, 1.807) is 0 Å². The molecule has 0 aliphatic carbocycles. The molecule has 22 nitrogen and oxygen atoms in total. The zero-order valence-electron chi connectivity index (χ0n) is 23.5. The number of hydrogen-bond acceptors (Lipinski definition) is 18. The number of anilines is 1. The highest BCUT2D eigenvalue weighted by molar-refractivity contribution is 7.47. The second kappa shape index (κ2) is 11.4. The summed E-state index contributed by atoms with van der Waals surface area (Å²) in [5.41, 5.74) is 11.9. The number of nitrogens with two attached hydrogens (primary N) is 2. The predicted molar refractivity (Wildman–Crippen MR) is 146 cm³/mol. The van der Waals surface area contributed by atoms with Gasteiger partial charge in [-0.2, -0.15) is 0 Å². The van der Waals surface area contributed by atoms with Crippen LogP contribution in [0, 0.1) is 0 Å². The number of halogens is 1. The molecule has 5 aliphatic heterocycles. The van der Waals surface area contributed by atoms with Gasteiger partial charge < -0.3 is 40.3 Å². The largest absolute Gasteiger partial charge is 0.473 e. The first-order chi connectivity index (χ1) is 21.7. The van der Waals surface area contributed by atoms with Crippen LogP contribution in [-0.2, 0) is 41.5 Å². The zero-order valence-corrected chi connectivity index (χ0v) is 25.3. The van der Waals surface area contributed by atoms with E-state index in [0.717, 1.165) is 12.7 Å². The first kappa shape index (κ1) is 31.8. The lowest BCUT2D eigenvalue weighted by atomic mass is 10.1. The molecule has 4 bridgehead atoms. The number of carbonyl (C=O) groups excluding carboxylic acids is 1. The molecule has 5 unspecified atom stereocenters. The molecule has 2 aromatic rings. The van der Waals surface area contributed by atoms with Gasteiger partial charge in [-0.3, -0.25) is 43.5 Å². The minimum Gasteiger partial charge on any atom is -0.387 e.